The lowest BCUT2D eigenvalue weighted by Crippen LogP contribution is -2.59. The quantitative estimate of drug-likeness (QED) is 0.451. The van der Waals surface area contributed by atoms with Gasteiger partial charge in [-0.2, -0.15) is 0 Å². The summed E-state index contributed by atoms with van der Waals surface area (Å²) in [6.45, 7) is 9.73. The van der Waals surface area contributed by atoms with Crippen LogP contribution in [0, 0.1) is 34.0 Å². The molecule has 0 spiro atoms. The summed E-state index contributed by atoms with van der Waals surface area (Å²) in [6.07, 6.45) is 15.8. The molecule has 8 atom stereocenters. The molecule has 1 amide bonds. The monoisotopic (exact) mass is 472 g/mol. The summed E-state index contributed by atoms with van der Waals surface area (Å²) in [5, 5.41) is 2.59. The van der Waals surface area contributed by atoms with E-state index in [0.29, 0.717) is 28.2 Å². The van der Waals surface area contributed by atoms with E-state index in [4.69, 9.17) is 0 Å². The van der Waals surface area contributed by atoms with Gasteiger partial charge in [-0.3, -0.25) is 9.78 Å². The van der Waals surface area contributed by atoms with Crippen LogP contribution in [0.3, 0.4) is 0 Å². The van der Waals surface area contributed by atoms with Gasteiger partial charge in [-0.25, -0.2) is 0 Å². The van der Waals surface area contributed by atoms with Crippen molar-refractivity contribution in [1.82, 2.24) is 9.88 Å². The molecule has 3 nitrogen and oxygen atoms in total. The fourth-order valence-corrected chi connectivity index (χ4v) is 10.4. The van der Waals surface area contributed by atoms with Crippen molar-refractivity contribution < 1.29 is 4.79 Å². The van der Waals surface area contributed by atoms with Gasteiger partial charge in [0, 0.05) is 37.8 Å². The molecule has 1 aromatic carbocycles. The zero-order valence-electron chi connectivity index (χ0n) is 22.5. The molecule has 188 valence electrons. The minimum absolute atomic E-state index is 0.231. The van der Waals surface area contributed by atoms with Crippen LogP contribution >= 0.6 is 0 Å². The number of amides is 1. The number of fused-ring (bicyclic) bond motifs is 6. The molecule has 35 heavy (non-hydrogen) atoms. The first-order valence-corrected chi connectivity index (χ1v) is 14.2. The van der Waals surface area contributed by atoms with E-state index in [1.807, 2.05) is 24.3 Å². The number of benzene rings is 1. The first-order valence-electron chi connectivity index (χ1n) is 14.2. The lowest BCUT2D eigenvalue weighted by atomic mass is 9.39. The Morgan fingerprint density at radius 1 is 0.886 bits per heavy atom. The Labute approximate surface area is 212 Å². The third-order valence-corrected chi connectivity index (χ3v) is 12.3. The minimum atomic E-state index is 0.231. The molecule has 0 saturated heterocycles. The van der Waals surface area contributed by atoms with Crippen LogP contribution in [0.15, 0.2) is 36.7 Å². The number of hydrogen-bond donors (Lipinski definition) is 0. The lowest BCUT2D eigenvalue weighted by Gasteiger charge is -2.66. The molecule has 1 heterocycles. The molecule has 6 rings (SSSR count). The SMILES string of the molecule is CC(=O)N(C)[C@H]1CC[C@@]2(C)[C@@H](CC[C@]3(C)[C@@H]2CC[C@@]2(C)[C@H]3CC[C@@H]2c2ccc3ccncc3c2)C1. The first kappa shape index (κ1) is 23.5. The zero-order chi connectivity index (χ0) is 24.6. The van der Waals surface area contributed by atoms with E-state index in [2.05, 4.69) is 50.0 Å². The normalized spacial score (nSPS) is 42.7. The van der Waals surface area contributed by atoms with E-state index < -0.39 is 0 Å². The van der Waals surface area contributed by atoms with Crippen molar-refractivity contribution in [2.24, 2.45) is 34.0 Å². The third kappa shape index (κ3) is 3.36. The van der Waals surface area contributed by atoms with E-state index >= 15 is 0 Å². The van der Waals surface area contributed by atoms with Gasteiger partial charge in [-0.15, -0.1) is 0 Å². The smallest absolute Gasteiger partial charge is 0.219 e. The molecule has 4 aliphatic rings. The predicted molar refractivity (Wildman–Crippen MR) is 143 cm³/mol. The number of hydrogen-bond acceptors (Lipinski definition) is 2. The van der Waals surface area contributed by atoms with Gasteiger partial charge in [0.1, 0.15) is 0 Å². The topological polar surface area (TPSA) is 33.2 Å². The predicted octanol–water partition coefficient (Wildman–Crippen LogP) is 7.60. The Kier molecular flexibility index (Phi) is 5.40. The molecule has 0 bridgehead atoms. The number of pyridine rings is 1. The molecule has 4 fully saturated rings. The molecule has 2 aromatic rings. The van der Waals surface area contributed by atoms with E-state index in [0.717, 1.165) is 17.8 Å². The summed E-state index contributed by atoms with van der Waals surface area (Å²) in [5.41, 5.74) is 2.83. The molecule has 1 aromatic heterocycles. The third-order valence-electron chi connectivity index (χ3n) is 12.3. The molecule has 3 heteroatoms. The van der Waals surface area contributed by atoms with E-state index in [9.17, 15) is 4.79 Å². The van der Waals surface area contributed by atoms with Gasteiger partial charge >= 0.3 is 0 Å². The van der Waals surface area contributed by atoms with Crippen LogP contribution in [0.4, 0.5) is 0 Å². The van der Waals surface area contributed by atoms with Crippen molar-refractivity contribution in [2.75, 3.05) is 7.05 Å². The molecular weight excluding hydrogens is 428 g/mol. The number of carbonyl (C=O) groups is 1. The van der Waals surface area contributed by atoms with Crippen molar-refractivity contribution in [3.63, 3.8) is 0 Å². The van der Waals surface area contributed by atoms with Crippen LogP contribution in [-0.2, 0) is 4.79 Å². The highest BCUT2D eigenvalue weighted by molar-refractivity contribution is 5.82. The summed E-state index contributed by atoms with van der Waals surface area (Å²) in [7, 11) is 2.02. The Morgan fingerprint density at radius 2 is 1.63 bits per heavy atom. The Morgan fingerprint density at radius 3 is 2.43 bits per heavy atom. The first-order chi connectivity index (χ1) is 16.7. The van der Waals surface area contributed by atoms with E-state index in [-0.39, 0.29) is 5.91 Å². The summed E-state index contributed by atoms with van der Waals surface area (Å²) in [4.78, 5) is 18.5. The van der Waals surface area contributed by atoms with Crippen molar-refractivity contribution in [3.8, 4) is 0 Å². The van der Waals surface area contributed by atoms with Gasteiger partial charge in [-0.05, 0) is 121 Å². The highest BCUT2D eigenvalue weighted by Gasteiger charge is 2.65. The zero-order valence-corrected chi connectivity index (χ0v) is 22.5. The Bertz CT molecular complexity index is 1140. The van der Waals surface area contributed by atoms with Crippen LogP contribution in [0.2, 0.25) is 0 Å². The largest absolute Gasteiger partial charge is 0.343 e. The van der Waals surface area contributed by atoms with Crippen LogP contribution in [0.25, 0.3) is 10.8 Å². The molecule has 0 N–H and O–H groups in total. The van der Waals surface area contributed by atoms with Gasteiger partial charge in [0.25, 0.3) is 0 Å². The Balaban J connectivity index is 1.28. The summed E-state index contributed by atoms with van der Waals surface area (Å²) < 4.78 is 0. The second kappa shape index (κ2) is 8.05. The van der Waals surface area contributed by atoms with Gasteiger partial charge in [-0.1, -0.05) is 32.9 Å². The van der Waals surface area contributed by atoms with Gasteiger partial charge in [0.2, 0.25) is 5.91 Å². The maximum Gasteiger partial charge on any atom is 0.219 e. The van der Waals surface area contributed by atoms with Crippen LogP contribution in [-0.4, -0.2) is 28.9 Å². The molecule has 0 radical (unpaired) electrons. The maximum absolute atomic E-state index is 12.1. The number of rotatable bonds is 2. The minimum Gasteiger partial charge on any atom is -0.343 e. The molecule has 4 saturated carbocycles. The van der Waals surface area contributed by atoms with Gasteiger partial charge in [0.15, 0.2) is 0 Å². The van der Waals surface area contributed by atoms with Crippen molar-refractivity contribution >= 4 is 16.7 Å². The second-order valence-corrected chi connectivity index (χ2v) is 13.6. The van der Waals surface area contributed by atoms with Crippen LogP contribution < -0.4 is 0 Å². The summed E-state index contributed by atoms with van der Waals surface area (Å²) in [6, 6.07) is 9.76. The summed E-state index contributed by atoms with van der Waals surface area (Å²) >= 11 is 0. The number of carbonyl (C=O) groups excluding carboxylic acids is 1. The fourth-order valence-electron chi connectivity index (χ4n) is 10.4. The number of aromatic nitrogens is 1. The lowest BCUT2D eigenvalue weighted by molar-refractivity contribution is -0.168. The summed E-state index contributed by atoms with van der Waals surface area (Å²) in [5.74, 6) is 3.32. The highest BCUT2D eigenvalue weighted by Crippen LogP contribution is 2.73. The standard InChI is InChI=1S/C32H44N2O/c1-21(35)34(5)26-11-15-30(2)25(19-26)10-14-32(4)28-9-8-27(31(28,3)16-12-29(30)32)23-7-6-22-13-17-33-20-24(22)18-23/h6-7,13,17-18,20,25-29H,8-12,14-16,19H2,1-5H3/t25-,26-,27+,28+,29+,30-,31+,32-/m0/s1. The highest BCUT2D eigenvalue weighted by atomic mass is 16.2. The Hall–Kier alpha value is -1.90. The molecule has 4 aliphatic carbocycles. The maximum atomic E-state index is 12.1. The molecular formula is C32H44N2O. The van der Waals surface area contributed by atoms with E-state index in [1.165, 1.54) is 68.6 Å². The van der Waals surface area contributed by atoms with Crippen molar-refractivity contribution in [1.29, 1.82) is 0 Å². The molecule has 0 unspecified atom stereocenters. The van der Waals surface area contributed by atoms with Crippen molar-refractivity contribution in [2.45, 2.75) is 97.4 Å². The van der Waals surface area contributed by atoms with E-state index in [1.54, 1.807) is 12.5 Å². The van der Waals surface area contributed by atoms with Crippen molar-refractivity contribution in [3.05, 3.63) is 42.2 Å². The van der Waals surface area contributed by atoms with Gasteiger partial charge < -0.3 is 4.90 Å². The average molecular weight is 473 g/mol. The van der Waals surface area contributed by atoms with Gasteiger partial charge in [0.05, 0.1) is 0 Å². The fraction of sp³-hybridized carbons (Fsp3) is 0.688. The molecule has 0 aliphatic heterocycles. The number of nitrogens with zero attached hydrogens (tertiary/aromatic N) is 2. The van der Waals surface area contributed by atoms with Crippen LogP contribution in [0.5, 0.6) is 0 Å². The second-order valence-electron chi connectivity index (χ2n) is 13.6. The average Bonchev–Trinajstić information content (AvgIpc) is 3.21. The van der Waals surface area contributed by atoms with Crippen LogP contribution in [0.1, 0.15) is 97.0 Å².